The second-order valence-corrected chi connectivity index (χ2v) is 8.88. The lowest BCUT2D eigenvalue weighted by Gasteiger charge is -2.26. The van der Waals surface area contributed by atoms with Gasteiger partial charge in [0.05, 0.1) is 6.04 Å². The third-order valence-corrected chi connectivity index (χ3v) is 5.48. The highest BCUT2D eigenvalue weighted by Gasteiger charge is 2.22. The lowest BCUT2D eigenvalue weighted by Crippen LogP contribution is -2.36. The molecule has 0 unspecified atom stereocenters. The van der Waals surface area contributed by atoms with Crippen molar-refractivity contribution < 1.29 is 19.1 Å². The highest BCUT2D eigenvalue weighted by atomic mass is 16.5. The number of carbonyl (C=O) groups is 3. The maximum absolute atomic E-state index is 12.2. The van der Waals surface area contributed by atoms with Gasteiger partial charge in [-0.1, -0.05) is 57.2 Å². The molecule has 0 radical (unpaired) electrons. The topological polar surface area (TPSA) is 84.5 Å². The maximum Gasteiger partial charge on any atom is 0.325 e. The van der Waals surface area contributed by atoms with Crippen LogP contribution in [-0.4, -0.2) is 30.9 Å². The predicted octanol–water partition coefficient (Wildman–Crippen LogP) is 3.45. The zero-order valence-corrected chi connectivity index (χ0v) is 18.4. The zero-order valence-electron chi connectivity index (χ0n) is 18.4. The first-order chi connectivity index (χ1) is 14.7. The summed E-state index contributed by atoms with van der Waals surface area (Å²) in [6, 6.07) is 15.3. The number of ether oxygens (including phenoxy) is 1. The number of carbonyl (C=O) groups excluding carboxylic acids is 3. The molecule has 0 fully saturated rings. The lowest BCUT2D eigenvalue weighted by atomic mass is 9.87. The standard InChI is InChI=1S/C25H30N2O4/c1-25(2,3)19-13-11-18(12-14-19)24(30)26-15-23(29)31-16-22(28)27-21-10-6-8-17-7-4-5-9-20(17)21/h4-5,7,9,11-14,21H,6,8,10,15-16H2,1-3H3,(H,26,30)(H,27,28)/t21-/m0/s1. The Hall–Kier alpha value is -3.15. The van der Waals surface area contributed by atoms with Crippen LogP contribution in [0.4, 0.5) is 0 Å². The Kier molecular flexibility index (Phi) is 7.10. The number of nitrogens with one attached hydrogen (secondary N) is 2. The summed E-state index contributed by atoms with van der Waals surface area (Å²) in [5.74, 6) is -1.36. The second kappa shape index (κ2) is 9.77. The van der Waals surface area contributed by atoms with Crippen molar-refractivity contribution in [1.82, 2.24) is 10.6 Å². The van der Waals surface area contributed by atoms with E-state index in [9.17, 15) is 14.4 Å². The fourth-order valence-electron chi connectivity index (χ4n) is 3.71. The van der Waals surface area contributed by atoms with Crippen LogP contribution in [0.3, 0.4) is 0 Å². The summed E-state index contributed by atoms with van der Waals surface area (Å²) in [6.45, 7) is 5.64. The van der Waals surface area contributed by atoms with Crippen LogP contribution >= 0.6 is 0 Å². The highest BCUT2D eigenvalue weighted by molar-refractivity contribution is 5.96. The van der Waals surface area contributed by atoms with Crippen molar-refractivity contribution in [3.05, 3.63) is 70.8 Å². The van der Waals surface area contributed by atoms with E-state index in [1.165, 1.54) is 5.56 Å². The molecular formula is C25H30N2O4. The summed E-state index contributed by atoms with van der Waals surface area (Å²) < 4.78 is 5.02. The Morgan fingerprint density at radius 1 is 1.03 bits per heavy atom. The molecule has 1 atom stereocenters. The van der Waals surface area contributed by atoms with Crippen LogP contribution in [0.25, 0.3) is 0 Å². The molecule has 0 bridgehead atoms. The minimum absolute atomic E-state index is 0.000903. The van der Waals surface area contributed by atoms with Crippen LogP contribution in [0.1, 0.15) is 66.7 Å². The molecule has 6 heteroatoms. The van der Waals surface area contributed by atoms with Crippen LogP contribution < -0.4 is 10.6 Å². The molecule has 31 heavy (non-hydrogen) atoms. The number of amides is 2. The maximum atomic E-state index is 12.2. The number of hydrogen-bond acceptors (Lipinski definition) is 4. The van der Waals surface area contributed by atoms with Crippen molar-refractivity contribution in [2.45, 2.75) is 51.5 Å². The van der Waals surface area contributed by atoms with E-state index in [1.807, 2.05) is 30.3 Å². The minimum Gasteiger partial charge on any atom is -0.454 e. The Morgan fingerprint density at radius 3 is 2.45 bits per heavy atom. The van der Waals surface area contributed by atoms with Gasteiger partial charge in [-0.05, 0) is 53.5 Å². The zero-order chi connectivity index (χ0) is 22.4. The van der Waals surface area contributed by atoms with Crippen molar-refractivity contribution in [2.75, 3.05) is 13.2 Å². The molecule has 164 valence electrons. The van der Waals surface area contributed by atoms with Gasteiger partial charge in [0, 0.05) is 5.56 Å². The fraction of sp³-hybridized carbons (Fsp3) is 0.400. The molecule has 3 rings (SSSR count). The number of hydrogen-bond donors (Lipinski definition) is 2. The Bertz CT molecular complexity index is 945. The van der Waals surface area contributed by atoms with Gasteiger partial charge in [0.25, 0.3) is 11.8 Å². The molecule has 0 saturated heterocycles. The molecule has 0 aromatic heterocycles. The summed E-state index contributed by atoms with van der Waals surface area (Å²) in [4.78, 5) is 36.4. The van der Waals surface area contributed by atoms with Gasteiger partial charge in [-0.2, -0.15) is 0 Å². The SMILES string of the molecule is CC(C)(C)c1ccc(C(=O)NCC(=O)OCC(=O)N[C@H]2CCCc3ccccc32)cc1. The summed E-state index contributed by atoms with van der Waals surface area (Å²) in [5, 5.41) is 5.46. The van der Waals surface area contributed by atoms with Gasteiger partial charge in [-0.3, -0.25) is 14.4 Å². The van der Waals surface area contributed by atoms with Crippen LogP contribution in [0.2, 0.25) is 0 Å². The second-order valence-electron chi connectivity index (χ2n) is 8.88. The third kappa shape index (κ3) is 6.17. The van der Waals surface area contributed by atoms with Gasteiger partial charge in [0.1, 0.15) is 6.54 Å². The lowest BCUT2D eigenvalue weighted by molar-refractivity contribution is -0.147. The molecule has 0 spiro atoms. The minimum atomic E-state index is -0.654. The molecule has 2 amide bonds. The van der Waals surface area contributed by atoms with E-state index >= 15 is 0 Å². The molecule has 0 aliphatic heterocycles. The van der Waals surface area contributed by atoms with Gasteiger partial charge in [-0.25, -0.2) is 0 Å². The van der Waals surface area contributed by atoms with Crippen LogP contribution in [-0.2, 0) is 26.2 Å². The quantitative estimate of drug-likeness (QED) is 0.699. The number of esters is 1. The van der Waals surface area contributed by atoms with Gasteiger partial charge in [0.15, 0.2) is 6.61 Å². The summed E-state index contributed by atoms with van der Waals surface area (Å²) in [5.41, 5.74) is 3.95. The molecule has 1 aliphatic rings. The largest absolute Gasteiger partial charge is 0.454 e. The van der Waals surface area contributed by atoms with Crippen molar-refractivity contribution in [1.29, 1.82) is 0 Å². The van der Waals surface area contributed by atoms with Crippen LogP contribution in [0.5, 0.6) is 0 Å². The van der Waals surface area contributed by atoms with Crippen molar-refractivity contribution in [3.8, 4) is 0 Å². The third-order valence-electron chi connectivity index (χ3n) is 5.48. The summed E-state index contributed by atoms with van der Waals surface area (Å²) in [7, 11) is 0. The number of fused-ring (bicyclic) bond motifs is 1. The van der Waals surface area contributed by atoms with E-state index in [2.05, 4.69) is 37.5 Å². The molecule has 2 aromatic carbocycles. The van der Waals surface area contributed by atoms with Crippen molar-refractivity contribution in [2.24, 2.45) is 0 Å². The Balaban J connectivity index is 1.42. The Morgan fingerprint density at radius 2 is 1.74 bits per heavy atom. The molecule has 2 N–H and O–H groups in total. The highest BCUT2D eigenvalue weighted by Crippen LogP contribution is 2.29. The average Bonchev–Trinajstić information content (AvgIpc) is 2.76. The average molecular weight is 423 g/mol. The summed E-state index contributed by atoms with van der Waals surface area (Å²) >= 11 is 0. The van der Waals surface area contributed by atoms with Crippen molar-refractivity contribution >= 4 is 17.8 Å². The van der Waals surface area contributed by atoms with Crippen LogP contribution in [0.15, 0.2) is 48.5 Å². The molecular weight excluding hydrogens is 392 g/mol. The van der Waals surface area contributed by atoms with E-state index in [4.69, 9.17) is 4.74 Å². The van der Waals surface area contributed by atoms with E-state index in [0.29, 0.717) is 5.56 Å². The number of aryl methyl sites for hydroxylation is 1. The summed E-state index contributed by atoms with van der Waals surface area (Å²) in [6.07, 6.45) is 2.88. The molecule has 6 nitrogen and oxygen atoms in total. The molecule has 1 aliphatic carbocycles. The first-order valence-corrected chi connectivity index (χ1v) is 10.7. The van der Waals surface area contributed by atoms with Gasteiger partial charge in [-0.15, -0.1) is 0 Å². The van der Waals surface area contributed by atoms with Gasteiger partial charge >= 0.3 is 5.97 Å². The van der Waals surface area contributed by atoms with E-state index in [1.54, 1.807) is 12.1 Å². The molecule has 0 saturated carbocycles. The van der Waals surface area contributed by atoms with Crippen molar-refractivity contribution in [3.63, 3.8) is 0 Å². The molecule has 0 heterocycles. The fourth-order valence-corrected chi connectivity index (χ4v) is 3.71. The monoisotopic (exact) mass is 422 g/mol. The van der Waals surface area contributed by atoms with Gasteiger partial charge in [0.2, 0.25) is 0 Å². The first kappa shape index (κ1) is 22.5. The number of benzene rings is 2. The van der Waals surface area contributed by atoms with E-state index in [-0.39, 0.29) is 36.4 Å². The van der Waals surface area contributed by atoms with Gasteiger partial charge < -0.3 is 15.4 Å². The van der Waals surface area contributed by atoms with E-state index in [0.717, 1.165) is 30.4 Å². The first-order valence-electron chi connectivity index (χ1n) is 10.7. The van der Waals surface area contributed by atoms with E-state index < -0.39 is 5.97 Å². The predicted molar refractivity (Wildman–Crippen MR) is 119 cm³/mol. The number of rotatable bonds is 6. The Labute approximate surface area is 183 Å². The molecule has 2 aromatic rings. The smallest absolute Gasteiger partial charge is 0.325 e. The van der Waals surface area contributed by atoms with Crippen LogP contribution in [0, 0.1) is 0 Å². The normalized spacial score (nSPS) is 15.5.